The molecule has 9 nitrogen and oxygen atoms in total. The van der Waals surface area contributed by atoms with Crippen molar-refractivity contribution in [3.8, 4) is 6.07 Å². The molecule has 41 heavy (non-hydrogen) atoms. The van der Waals surface area contributed by atoms with E-state index in [0.29, 0.717) is 67.2 Å². The van der Waals surface area contributed by atoms with E-state index >= 15 is 0 Å². The molecule has 216 valence electrons. The maximum atomic E-state index is 13.9. The van der Waals surface area contributed by atoms with Crippen molar-refractivity contribution in [1.29, 1.82) is 5.26 Å². The third-order valence-electron chi connectivity index (χ3n) is 7.11. The molecule has 2 aliphatic heterocycles. The van der Waals surface area contributed by atoms with E-state index in [4.69, 9.17) is 15.0 Å². The normalized spacial score (nSPS) is 15.8. The smallest absolute Gasteiger partial charge is 0.378 e. The number of nitrogens with zero attached hydrogens (tertiary/aromatic N) is 5. The largest absolute Gasteiger partial charge is 0.416 e. The predicted octanol–water partition coefficient (Wildman–Crippen LogP) is 3.90. The van der Waals surface area contributed by atoms with E-state index in [-0.39, 0.29) is 36.4 Å². The summed E-state index contributed by atoms with van der Waals surface area (Å²) in [4.78, 5) is 33.4. The molecule has 13 heteroatoms. The van der Waals surface area contributed by atoms with Gasteiger partial charge >= 0.3 is 6.18 Å². The van der Waals surface area contributed by atoms with Gasteiger partial charge in [0.15, 0.2) is 0 Å². The summed E-state index contributed by atoms with van der Waals surface area (Å²) in [6.45, 7) is 3.94. The van der Waals surface area contributed by atoms with Gasteiger partial charge in [0.05, 0.1) is 67.3 Å². The van der Waals surface area contributed by atoms with E-state index in [0.717, 1.165) is 12.1 Å². The van der Waals surface area contributed by atoms with Crippen LogP contribution in [0, 0.1) is 11.3 Å². The van der Waals surface area contributed by atoms with Crippen molar-refractivity contribution in [2.24, 2.45) is 0 Å². The number of hydrogen-bond acceptors (Lipinski definition) is 7. The van der Waals surface area contributed by atoms with Crippen molar-refractivity contribution < 1.29 is 22.7 Å². The molecule has 1 amide bonds. The van der Waals surface area contributed by atoms with Crippen LogP contribution in [0.1, 0.15) is 51.3 Å². The Morgan fingerprint density at radius 1 is 1.07 bits per heavy atom. The number of fused-ring (bicyclic) bond motifs is 1. The quantitative estimate of drug-likeness (QED) is 0.482. The number of rotatable bonds is 5. The van der Waals surface area contributed by atoms with Gasteiger partial charge in [-0.05, 0) is 48.9 Å². The fourth-order valence-electron chi connectivity index (χ4n) is 4.86. The lowest BCUT2D eigenvalue weighted by molar-refractivity contribution is -0.137. The van der Waals surface area contributed by atoms with E-state index in [2.05, 4.69) is 5.32 Å². The summed E-state index contributed by atoms with van der Waals surface area (Å²) in [7, 11) is 0. The van der Waals surface area contributed by atoms with Gasteiger partial charge in [-0.15, -0.1) is 12.4 Å². The Kier molecular flexibility index (Phi) is 8.89. The molecule has 1 N–H and O–H groups in total. The second kappa shape index (κ2) is 12.2. The number of amides is 1. The number of halogens is 4. The van der Waals surface area contributed by atoms with Gasteiger partial charge in [0, 0.05) is 18.5 Å². The molecule has 2 aromatic carbocycles. The highest BCUT2D eigenvalue weighted by molar-refractivity contribution is 5.94. The van der Waals surface area contributed by atoms with E-state index in [1.165, 1.54) is 16.8 Å². The summed E-state index contributed by atoms with van der Waals surface area (Å²) in [5.74, 6) is 0.0375. The SMILES string of the molecule is C[C@H](Nc1nc2c(c(=O)n1N1CCOCC1)CN(C(=O)c1ccc(C#N)cc1)CC2)c1ccc(C(F)(F)F)cc1.Cl. The number of morpholine rings is 1. The second-order valence-electron chi connectivity index (χ2n) is 9.70. The minimum absolute atomic E-state index is 0. The molecule has 0 bridgehead atoms. The van der Waals surface area contributed by atoms with Gasteiger partial charge in [-0.25, -0.2) is 4.98 Å². The van der Waals surface area contributed by atoms with Gasteiger partial charge in [-0.3, -0.25) is 9.59 Å². The van der Waals surface area contributed by atoms with Crippen LogP contribution in [0.5, 0.6) is 0 Å². The molecular weight excluding hydrogens is 561 g/mol. The monoisotopic (exact) mass is 588 g/mol. The first-order chi connectivity index (χ1) is 19.2. The maximum Gasteiger partial charge on any atom is 0.416 e. The Labute approximate surface area is 240 Å². The number of alkyl halides is 3. The summed E-state index contributed by atoms with van der Waals surface area (Å²) in [5.41, 5.74) is 1.41. The number of carbonyl (C=O) groups excluding carboxylic acids is 1. The number of benzene rings is 2. The third kappa shape index (κ3) is 6.31. The lowest BCUT2D eigenvalue weighted by Gasteiger charge is -2.35. The molecule has 0 saturated carbocycles. The molecule has 0 aliphatic carbocycles. The summed E-state index contributed by atoms with van der Waals surface area (Å²) in [5, 5.41) is 14.1. The van der Waals surface area contributed by atoms with Crippen LogP contribution in [0.3, 0.4) is 0 Å². The van der Waals surface area contributed by atoms with Gasteiger partial charge in [0.2, 0.25) is 5.95 Å². The van der Waals surface area contributed by atoms with Crippen LogP contribution in [0.25, 0.3) is 0 Å². The number of ether oxygens (including phenoxy) is 1. The first kappa shape index (κ1) is 29.9. The molecule has 0 spiro atoms. The van der Waals surface area contributed by atoms with Gasteiger partial charge < -0.3 is 20.0 Å². The fourth-order valence-corrected chi connectivity index (χ4v) is 4.86. The van der Waals surface area contributed by atoms with E-state index in [9.17, 15) is 22.8 Å². The zero-order valence-corrected chi connectivity index (χ0v) is 23.0. The Morgan fingerprint density at radius 3 is 2.34 bits per heavy atom. The number of hydrogen-bond donors (Lipinski definition) is 1. The Hall–Kier alpha value is -4.08. The van der Waals surface area contributed by atoms with Crippen LogP contribution in [-0.2, 0) is 23.9 Å². The van der Waals surface area contributed by atoms with Crippen LogP contribution in [-0.4, -0.2) is 53.3 Å². The van der Waals surface area contributed by atoms with Crippen LogP contribution < -0.4 is 15.9 Å². The molecule has 1 atom stereocenters. The minimum Gasteiger partial charge on any atom is -0.378 e. The average Bonchev–Trinajstić information content (AvgIpc) is 2.97. The molecule has 3 heterocycles. The highest BCUT2D eigenvalue weighted by atomic mass is 35.5. The molecule has 2 aliphatic rings. The van der Waals surface area contributed by atoms with Gasteiger partial charge in [0.25, 0.3) is 11.5 Å². The predicted molar refractivity (Wildman–Crippen MR) is 148 cm³/mol. The fraction of sp³-hybridized carbons (Fsp3) is 0.357. The Morgan fingerprint density at radius 2 is 1.73 bits per heavy atom. The highest BCUT2D eigenvalue weighted by Crippen LogP contribution is 2.30. The maximum absolute atomic E-state index is 13.9. The highest BCUT2D eigenvalue weighted by Gasteiger charge is 2.31. The summed E-state index contributed by atoms with van der Waals surface area (Å²) < 4.78 is 46.0. The van der Waals surface area contributed by atoms with Gasteiger partial charge in [-0.1, -0.05) is 12.1 Å². The summed E-state index contributed by atoms with van der Waals surface area (Å²) in [6.07, 6.45) is -4.07. The molecule has 5 rings (SSSR count). The van der Waals surface area contributed by atoms with Crippen LogP contribution >= 0.6 is 12.4 Å². The molecule has 1 saturated heterocycles. The second-order valence-corrected chi connectivity index (χ2v) is 9.70. The number of aromatic nitrogens is 2. The standard InChI is InChI=1S/C28H27F3N6O3.ClH/c1-18(20-6-8-22(9-7-20)28(29,30)31)33-27-34-24-10-11-35(25(38)21-4-2-19(16-32)3-5-21)17-23(24)26(39)37(27)36-12-14-40-15-13-36;/h2-9,18H,10-15,17H2,1H3,(H,33,34);1H/t18-;/m0./s1. The minimum atomic E-state index is -4.43. The molecule has 0 radical (unpaired) electrons. The first-order valence-electron chi connectivity index (χ1n) is 12.9. The summed E-state index contributed by atoms with van der Waals surface area (Å²) >= 11 is 0. The number of nitrogens with one attached hydrogen (secondary N) is 1. The van der Waals surface area contributed by atoms with Gasteiger partial charge in [0.1, 0.15) is 0 Å². The summed E-state index contributed by atoms with van der Waals surface area (Å²) in [6, 6.07) is 12.8. The van der Waals surface area contributed by atoms with Gasteiger partial charge in [-0.2, -0.15) is 23.1 Å². The van der Waals surface area contributed by atoms with Crippen molar-refractivity contribution in [3.05, 3.63) is 92.4 Å². The molecular formula is C28H28ClF3N6O3. The average molecular weight is 589 g/mol. The lowest BCUT2D eigenvalue weighted by Crippen LogP contribution is -2.52. The third-order valence-corrected chi connectivity index (χ3v) is 7.11. The zero-order valence-electron chi connectivity index (χ0n) is 22.1. The Bertz CT molecular complexity index is 1500. The van der Waals surface area contributed by atoms with E-state index < -0.39 is 17.8 Å². The Balaban J connectivity index is 0.00000387. The first-order valence-corrected chi connectivity index (χ1v) is 12.9. The van der Waals surface area contributed by atoms with Crippen molar-refractivity contribution in [3.63, 3.8) is 0 Å². The van der Waals surface area contributed by atoms with Crippen molar-refractivity contribution in [2.45, 2.75) is 32.1 Å². The van der Waals surface area contributed by atoms with Crippen LogP contribution in [0.15, 0.2) is 53.3 Å². The number of nitriles is 1. The molecule has 3 aromatic rings. The number of anilines is 1. The molecule has 1 aromatic heterocycles. The van der Waals surface area contributed by atoms with Crippen molar-refractivity contribution in [2.75, 3.05) is 43.2 Å². The molecule has 1 fully saturated rings. The topological polar surface area (TPSA) is 103 Å². The van der Waals surface area contributed by atoms with E-state index in [1.807, 2.05) is 11.1 Å². The number of carbonyl (C=O) groups is 1. The van der Waals surface area contributed by atoms with E-state index in [1.54, 1.807) is 36.1 Å². The zero-order chi connectivity index (χ0) is 28.4. The van der Waals surface area contributed by atoms with Crippen molar-refractivity contribution in [1.82, 2.24) is 14.6 Å². The van der Waals surface area contributed by atoms with Crippen LogP contribution in [0.2, 0.25) is 0 Å². The van der Waals surface area contributed by atoms with Crippen LogP contribution in [0.4, 0.5) is 19.1 Å². The van der Waals surface area contributed by atoms with Crippen molar-refractivity contribution >= 4 is 24.3 Å². The lowest BCUT2D eigenvalue weighted by atomic mass is 10.0. The molecule has 0 unspecified atom stereocenters.